The van der Waals surface area contributed by atoms with Gasteiger partial charge in [-0.1, -0.05) is 29.3 Å². The Kier molecular flexibility index (Phi) is 3.60. The number of nitrogen functional groups attached to an aromatic ring is 2. The third kappa shape index (κ3) is 2.66. The molecule has 96 valence electrons. The molecule has 0 aliphatic carbocycles. The average molecular weight is 288 g/mol. The second-order valence-electron chi connectivity index (χ2n) is 3.69. The van der Waals surface area contributed by atoms with E-state index in [1.165, 1.54) is 0 Å². The lowest BCUT2D eigenvalue weighted by Gasteiger charge is -2.12. The summed E-state index contributed by atoms with van der Waals surface area (Å²) in [6, 6.07) is 5.02. The highest BCUT2D eigenvalue weighted by Crippen LogP contribution is 2.24. The standard InChI is InChI=1S/C10H11Cl2N5O/c11-6-2-1-5(7(12)4-6)3-8(18)17-10(14)15-9(13)16-17/h1-2,4,8,18H,3H2,(H4,13,14,15,16). The lowest BCUT2D eigenvalue weighted by atomic mass is 10.1. The molecule has 0 aliphatic rings. The number of aliphatic hydroxyl groups is 1. The molecule has 0 amide bonds. The minimum atomic E-state index is -0.992. The molecule has 1 heterocycles. The Bertz CT molecular complexity index is 571. The van der Waals surface area contributed by atoms with Crippen molar-refractivity contribution in [2.75, 3.05) is 11.5 Å². The van der Waals surface area contributed by atoms with Gasteiger partial charge in [-0.05, 0) is 17.7 Å². The first-order valence-electron chi connectivity index (χ1n) is 5.07. The molecule has 18 heavy (non-hydrogen) atoms. The number of hydrogen-bond donors (Lipinski definition) is 3. The monoisotopic (exact) mass is 287 g/mol. The van der Waals surface area contributed by atoms with E-state index in [1.54, 1.807) is 18.2 Å². The van der Waals surface area contributed by atoms with Crippen molar-refractivity contribution in [3.63, 3.8) is 0 Å². The third-order valence-corrected chi connectivity index (χ3v) is 2.96. The summed E-state index contributed by atoms with van der Waals surface area (Å²) < 4.78 is 1.14. The second kappa shape index (κ2) is 5.01. The van der Waals surface area contributed by atoms with Gasteiger partial charge in [0.25, 0.3) is 0 Å². The Hall–Kier alpha value is -1.50. The molecule has 2 rings (SSSR count). The molecule has 6 nitrogen and oxygen atoms in total. The average Bonchev–Trinajstić information content (AvgIpc) is 2.62. The first-order valence-corrected chi connectivity index (χ1v) is 5.82. The van der Waals surface area contributed by atoms with Crippen molar-refractivity contribution >= 4 is 35.1 Å². The summed E-state index contributed by atoms with van der Waals surface area (Å²) in [6.45, 7) is 0. The van der Waals surface area contributed by atoms with E-state index in [0.717, 1.165) is 10.2 Å². The quantitative estimate of drug-likeness (QED) is 0.793. The van der Waals surface area contributed by atoms with Crippen LogP contribution < -0.4 is 11.5 Å². The summed E-state index contributed by atoms with van der Waals surface area (Å²) >= 11 is 11.8. The zero-order valence-corrected chi connectivity index (χ0v) is 10.7. The molecule has 0 aliphatic heterocycles. The largest absolute Gasteiger partial charge is 0.371 e. The fourth-order valence-corrected chi connectivity index (χ4v) is 2.03. The minimum Gasteiger partial charge on any atom is -0.371 e. The first-order chi connectivity index (χ1) is 8.47. The van der Waals surface area contributed by atoms with E-state index in [9.17, 15) is 5.11 Å². The van der Waals surface area contributed by atoms with Crippen molar-refractivity contribution in [3.05, 3.63) is 33.8 Å². The number of nitrogens with two attached hydrogens (primary N) is 2. The van der Waals surface area contributed by atoms with Gasteiger partial charge in [0, 0.05) is 16.5 Å². The number of benzene rings is 1. The van der Waals surface area contributed by atoms with Gasteiger partial charge in [0.2, 0.25) is 11.9 Å². The van der Waals surface area contributed by atoms with E-state index in [-0.39, 0.29) is 18.3 Å². The molecule has 2 aromatic rings. The summed E-state index contributed by atoms with van der Waals surface area (Å²) in [7, 11) is 0. The maximum absolute atomic E-state index is 10.00. The van der Waals surface area contributed by atoms with Crippen LogP contribution >= 0.6 is 23.2 Å². The van der Waals surface area contributed by atoms with Gasteiger partial charge in [0.1, 0.15) is 0 Å². The Labute approximate surface area is 113 Å². The predicted octanol–water partition coefficient (Wildman–Crippen LogP) is 1.48. The molecule has 8 heteroatoms. The molecule has 0 bridgehead atoms. The number of aliphatic hydroxyl groups excluding tert-OH is 1. The summed E-state index contributed by atoms with van der Waals surface area (Å²) in [4.78, 5) is 3.70. The Morgan fingerprint density at radius 1 is 1.33 bits per heavy atom. The molecule has 1 unspecified atom stereocenters. The number of nitrogens with zero attached hydrogens (tertiary/aromatic N) is 3. The minimum absolute atomic E-state index is 0.00810. The number of aromatic nitrogens is 3. The Balaban J connectivity index is 2.21. The molecule has 1 aromatic carbocycles. The van der Waals surface area contributed by atoms with Gasteiger partial charge < -0.3 is 16.6 Å². The number of halogens is 2. The van der Waals surface area contributed by atoms with Crippen molar-refractivity contribution in [1.29, 1.82) is 0 Å². The van der Waals surface area contributed by atoms with Crippen molar-refractivity contribution in [2.45, 2.75) is 12.6 Å². The summed E-state index contributed by atoms with van der Waals surface area (Å²) in [6.07, 6.45) is -0.767. The number of hydrogen-bond acceptors (Lipinski definition) is 5. The van der Waals surface area contributed by atoms with Crippen LogP contribution in [0.4, 0.5) is 11.9 Å². The molecule has 0 fully saturated rings. The molecule has 1 aromatic heterocycles. The maximum Gasteiger partial charge on any atom is 0.241 e. The van der Waals surface area contributed by atoms with Crippen molar-refractivity contribution in [1.82, 2.24) is 14.8 Å². The van der Waals surface area contributed by atoms with E-state index in [1.807, 2.05) is 0 Å². The van der Waals surface area contributed by atoms with Gasteiger partial charge >= 0.3 is 0 Å². The van der Waals surface area contributed by atoms with Gasteiger partial charge in [0.05, 0.1) is 0 Å². The smallest absolute Gasteiger partial charge is 0.241 e. The van der Waals surface area contributed by atoms with Crippen LogP contribution in [0.15, 0.2) is 18.2 Å². The molecule has 0 radical (unpaired) electrons. The Morgan fingerprint density at radius 3 is 2.61 bits per heavy atom. The van der Waals surface area contributed by atoms with Crippen molar-refractivity contribution < 1.29 is 5.11 Å². The fourth-order valence-electron chi connectivity index (χ4n) is 1.54. The van der Waals surface area contributed by atoms with Gasteiger partial charge in [0.15, 0.2) is 6.23 Å². The van der Waals surface area contributed by atoms with Gasteiger partial charge in [-0.25, -0.2) is 4.68 Å². The van der Waals surface area contributed by atoms with Crippen LogP contribution in [0.1, 0.15) is 11.8 Å². The molecule has 0 saturated carbocycles. The number of rotatable bonds is 3. The highest BCUT2D eigenvalue weighted by atomic mass is 35.5. The third-order valence-electron chi connectivity index (χ3n) is 2.37. The fraction of sp³-hybridized carbons (Fsp3) is 0.200. The summed E-state index contributed by atoms with van der Waals surface area (Å²) in [5.41, 5.74) is 11.7. The molecule has 5 N–H and O–H groups in total. The number of anilines is 2. The maximum atomic E-state index is 10.00. The topological polar surface area (TPSA) is 103 Å². The van der Waals surface area contributed by atoms with Crippen LogP contribution in [0, 0.1) is 0 Å². The molecular weight excluding hydrogens is 277 g/mol. The molecule has 0 saturated heterocycles. The zero-order valence-electron chi connectivity index (χ0n) is 9.22. The van der Waals surface area contributed by atoms with Gasteiger partial charge in [-0.3, -0.25) is 0 Å². The molecular formula is C10H11Cl2N5O. The first kappa shape index (κ1) is 12.9. The predicted molar refractivity (Wildman–Crippen MR) is 70.3 cm³/mol. The van der Waals surface area contributed by atoms with Crippen LogP contribution in [0.5, 0.6) is 0 Å². The lowest BCUT2D eigenvalue weighted by molar-refractivity contribution is 0.0935. The Morgan fingerprint density at radius 2 is 2.06 bits per heavy atom. The van der Waals surface area contributed by atoms with E-state index >= 15 is 0 Å². The van der Waals surface area contributed by atoms with Gasteiger partial charge in [-0.2, -0.15) is 4.98 Å². The van der Waals surface area contributed by atoms with Gasteiger partial charge in [-0.15, -0.1) is 5.10 Å². The zero-order chi connectivity index (χ0) is 13.3. The van der Waals surface area contributed by atoms with E-state index in [2.05, 4.69) is 10.1 Å². The highest BCUT2D eigenvalue weighted by Gasteiger charge is 2.15. The summed E-state index contributed by atoms with van der Waals surface area (Å²) in [5.74, 6) is 0.0545. The normalized spacial score (nSPS) is 12.6. The molecule has 0 spiro atoms. The summed E-state index contributed by atoms with van der Waals surface area (Å²) in [5, 5.41) is 14.8. The lowest BCUT2D eigenvalue weighted by Crippen LogP contribution is -2.15. The van der Waals surface area contributed by atoms with Crippen molar-refractivity contribution in [2.24, 2.45) is 0 Å². The molecule has 1 atom stereocenters. The van der Waals surface area contributed by atoms with Crippen LogP contribution in [0.25, 0.3) is 0 Å². The van der Waals surface area contributed by atoms with Crippen LogP contribution in [0.2, 0.25) is 10.0 Å². The van der Waals surface area contributed by atoms with Crippen molar-refractivity contribution in [3.8, 4) is 0 Å². The highest BCUT2D eigenvalue weighted by molar-refractivity contribution is 6.35. The van der Waals surface area contributed by atoms with Crippen LogP contribution in [-0.2, 0) is 6.42 Å². The van der Waals surface area contributed by atoms with Crippen LogP contribution in [-0.4, -0.2) is 19.9 Å². The van der Waals surface area contributed by atoms with Crippen LogP contribution in [0.3, 0.4) is 0 Å². The van der Waals surface area contributed by atoms with E-state index in [0.29, 0.717) is 10.0 Å². The SMILES string of the molecule is Nc1nc(N)n(C(O)Cc2ccc(Cl)cc2Cl)n1. The second-order valence-corrected chi connectivity index (χ2v) is 4.54. The van der Waals surface area contributed by atoms with E-state index < -0.39 is 6.23 Å². The van der Waals surface area contributed by atoms with E-state index in [4.69, 9.17) is 34.7 Å².